The second-order valence-corrected chi connectivity index (χ2v) is 10.9. The van der Waals surface area contributed by atoms with E-state index in [0.717, 1.165) is 29.8 Å². The van der Waals surface area contributed by atoms with Gasteiger partial charge in [0.15, 0.2) is 0 Å². The van der Waals surface area contributed by atoms with Crippen molar-refractivity contribution in [3.63, 3.8) is 0 Å². The summed E-state index contributed by atoms with van der Waals surface area (Å²) >= 11 is 0. The summed E-state index contributed by atoms with van der Waals surface area (Å²) in [6.45, 7) is 12.7. The summed E-state index contributed by atoms with van der Waals surface area (Å²) in [6, 6.07) is 6.87. The number of carbonyl (C=O) groups is 2. The Morgan fingerprint density at radius 1 is 1.15 bits per heavy atom. The summed E-state index contributed by atoms with van der Waals surface area (Å²) in [5, 5.41) is 5.95. The molecule has 0 spiro atoms. The molecule has 1 aliphatic carbocycles. The maximum Gasteiger partial charge on any atom is 0.238 e. The van der Waals surface area contributed by atoms with Crippen LogP contribution >= 0.6 is 0 Å². The number of hydrogen-bond acceptors (Lipinski definition) is 4. The molecule has 1 unspecified atom stereocenters. The number of allylic oxidation sites excluding steroid dienone is 5. The van der Waals surface area contributed by atoms with Crippen molar-refractivity contribution in [2.24, 2.45) is 10.8 Å². The standard InChI is InChI=1S/C28H40N2O3/c1-27(2,3)18-22(19-31)30-26(32)25(29-7)17-20-10-8-13-24(16-20)33-23-12-9-11-21(14-15-23)28(4,5)6/h8-11,13-16,19,22,25,29H,12,17-18H2,1-7H3,(H,30,32)/t22-,25?/m0/s1. The Labute approximate surface area is 199 Å². The lowest BCUT2D eigenvalue weighted by atomic mass is 9.86. The number of aldehydes is 1. The van der Waals surface area contributed by atoms with E-state index in [0.29, 0.717) is 12.8 Å². The maximum absolute atomic E-state index is 12.8. The maximum atomic E-state index is 12.8. The molecule has 2 rings (SSSR count). The summed E-state index contributed by atoms with van der Waals surface area (Å²) in [5.74, 6) is 1.44. The minimum atomic E-state index is -0.496. The van der Waals surface area contributed by atoms with Gasteiger partial charge in [0.25, 0.3) is 0 Å². The van der Waals surface area contributed by atoms with Gasteiger partial charge in [0.05, 0.1) is 12.1 Å². The van der Waals surface area contributed by atoms with Crippen LogP contribution in [0.2, 0.25) is 0 Å². The minimum absolute atomic E-state index is 0.0512. The number of amides is 1. The van der Waals surface area contributed by atoms with Crippen molar-refractivity contribution < 1.29 is 14.3 Å². The van der Waals surface area contributed by atoms with Crippen molar-refractivity contribution in [3.05, 3.63) is 65.5 Å². The van der Waals surface area contributed by atoms with Crippen LogP contribution in [0.15, 0.2) is 59.9 Å². The quantitative estimate of drug-likeness (QED) is 0.510. The molecule has 0 fully saturated rings. The number of carbonyl (C=O) groups excluding carboxylic acids is 2. The second kappa shape index (κ2) is 11.5. The fourth-order valence-corrected chi connectivity index (χ4v) is 3.71. The summed E-state index contributed by atoms with van der Waals surface area (Å²) in [7, 11) is 1.76. The molecule has 0 aromatic heterocycles. The molecular weight excluding hydrogens is 412 g/mol. The van der Waals surface area contributed by atoms with Crippen LogP contribution in [0.5, 0.6) is 5.75 Å². The van der Waals surface area contributed by atoms with Crippen molar-refractivity contribution in [1.82, 2.24) is 10.6 Å². The van der Waals surface area contributed by atoms with E-state index < -0.39 is 12.1 Å². The van der Waals surface area contributed by atoms with Gasteiger partial charge in [-0.3, -0.25) is 4.79 Å². The highest BCUT2D eigenvalue weighted by Crippen LogP contribution is 2.29. The first-order chi connectivity index (χ1) is 15.4. The van der Waals surface area contributed by atoms with Crippen LogP contribution in [0, 0.1) is 10.8 Å². The molecule has 0 heterocycles. The third-order valence-corrected chi connectivity index (χ3v) is 5.51. The van der Waals surface area contributed by atoms with Crippen LogP contribution in [0.1, 0.15) is 59.9 Å². The number of ether oxygens (including phenoxy) is 1. The highest BCUT2D eigenvalue weighted by molar-refractivity contribution is 5.84. The first-order valence-corrected chi connectivity index (χ1v) is 11.7. The van der Waals surface area contributed by atoms with E-state index >= 15 is 0 Å². The Kier molecular flexibility index (Phi) is 9.24. The highest BCUT2D eigenvalue weighted by atomic mass is 16.5. The average molecular weight is 453 g/mol. The first-order valence-electron chi connectivity index (χ1n) is 11.7. The zero-order chi connectivity index (χ0) is 24.6. The molecule has 1 amide bonds. The van der Waals surface area contributed by atoms with Crippen LogP contribution in [-0.2, 0) is 16.0 Å². The summed E-state index contributed by atoms with van der Waals surface area (Å²) < 4.78 is 6.15. The number of rotatable bonds is 9. The van der Waals surface area contributed by atoms with E-state index in [1.807, 2.05) is 30.3 Å². The Hall–Kier alpha value is -2.66. The molecule has 5 heteroatoms. The van der Waals surface area contributed by atoms with Crippen molar-refractivity contribution in [2.75, 3.05) is 7.05 Å². The molecule has 2 atom stereocenters. The van der Waals surface area contributed by atoms with Crippen LogP contribution < -0.4 is 15.4 Å². The third kappa shape index (κ3) is 9.01. The summed E-state index contributed by atoms with van der Waals surface area (Å²) in [6.07, 6.45) is 11.1. The smallest absolute Gasteiger partial charge is 0.238 e. The van der Waals surface area contributed by atoms with Gasteiger partial charge in [0, 0.05) is 6.42 Å². The molecule has 0 bridgehead atoms. The van der Waals surface area contributed by atoms with Crippen molar-refractivity contribution in [3.8, 4) is 5.75 Å². The van der Waals surface area contributed by atoms with Crippen molar-refractivity contribution in [1.29, 1.82) is 0 Å². The number of benzene rings is 1. The number of nitrogens with one attached hydrogen (secondary N) is 2. The predicted octanol–water partition coefficient (Wildman–Crippen LogP) is 5.13. The first kappa shape index (κ1) is 26.6. The van der Waals surface area contributed by atoms with Gasteiger partial charge in [-0.25, -0.2) is 0 Å². The lowest BCUT2D eigenvalue weighted by molar-refractivity contribution is -0.126. The lowest BCUT2D eigenvalue weighted by Crippen LogP contribution is -2.49. The largest absolute Gasteiger partial charge is 0.461 e. The zero-order valence-corrected chi connectivity index (χ0v) is 21.2. The molecule has 0 radical (unpaired) electrons. The van der Waals surface area contributed by atoms with Crippen LogP contribution in [0.4, 0.5) is 0 Å². The van der Waals surface area contributed by atoms with Crippen LogP contribution in [0.3, 0.4) is 0 Å². The Morgan fingerprint density at radius 2 is 1.88 bits per heavy atom. The van der Waals surface area contributed by atoms with Gasteiger partial charge in [-0.2, -0.15) is 0 Å². The average Bonchev–Trinajstić information content (AvgIpc) is 2.96. The fraction of sp³-hybridized carbons (Fsp3) is 0.500. The van der Waals surface area contributed by atoms with E-state index in [-0.39, 0.29) is 16.7 Å². The van der Waals surface area contributed by atoms with E-state index in [1.165, 1.54) is 5.57 Å². The molecule has 5 nitrogen and oxygen atoms in total. The van der Waals surface area contributed by atoms with Crippen molar-refractivity contribution in [2.45, 2.75) is 72.9 Å². The fourth-order valence-electron chi connectivity index (χ4n) is 3.71. The minimum Gasteiger partial charge on any atom is -0.461 e. The second-order valence-electron chi connectivity index (χ2n) is 10.9. The molecule has 0 aliphatic heterocycles. The van der Waals surface area contributed by atoms with Gasteiger partial charge in [-0.15, -0.1) is 0 Å². The topological polar surface area (TPSA) is 67.4 Å². The molecule has 1 aromatic rings. The van der Waals surface area contributed by atoms with E-state index in [2.05, 4.69) is 70.4 Å². The van der Waals surface area contributed by atoms with E-state index in [9.17, 15) is 9.59 Å². The molecule has 0 saturated carbocycles. The molecule has 180 valence electrons. The number of hydrogen-bond donors (Lipinski definition) is 2. The molecule has 33 heavy (non-hydrogen) atoms. The Balaban J connectivity index is 2.07. The van der Waals surface area contributed by atoms with Gasteiger partial charge in [-0.05, 0) is 60.1 Å². The predicted molar refractivity (Wildman–Crippen MR) is 135 cm³/mol. The van der Waals surface area contributed by atoms with Crippen molar-refractivity contribution >= 4 is 12.2 Å². The monoisotopic (exact) mass is 452 g/mol. The van der Waals surface area contributed by atoms with Gasteiger partial charge < -0.3 is 20.2 Å². The third-order valence-electron chi connectivity index (χ3n) is 5.51. The van der Waals surface area contributed by atoms with E-state index in [1.54, 1.807) is 7.05 Å². The molecule has 1 aromatic carbocycles. The zero-order valence-electron chi connectivity index (χ0n) is 21.2. The number of likely N-dealkylation sites (N-methyl/N-ethyl adjacent to an activating group) is 1. The van der Waals surface area contributed by atoms with Crippen LogP contribution in [0.25, 0.3) is 0 Å². The van der Waals surface area contributed by atoms with Gasteiger partial charge in [0.2, 0.25) is 5.91 Å². The molecular formula is C28H40N2O3. The van der Waals surface area contributed by atoms with Gasteiger partial charge in [0.1, 0.15) is 17.8 Å². The summed E-state index contributed by atoms with van der Waals surface area (Å²) in [4.78, 5) is 24.3. The van der Waals surface area contributed by atoms with Gasteiger partial charge in [-0.1, -0.05) is 71.9 Å². The molecule has 2 N–H and O–H groups in total. The lowest BCUT2D eigenvalue weighted by Gasteiger charge is -2.25. The van der Waals surface area contributed by atoms with Gasteiger partial charge >= 0.3 is 0 Å². The molecule has 0 saturated heterocycles. The highest BCUT2D eigenvalue weighted by Gasteiger charge is 2.24. The Bertz CT molecular complexity index is 914. The summed E-state index contributed by atoms with van der Waals surface area (Å²) in [5.41, 5.74) is 2.28. The normalized spacial score (nSPS) is 16.2. The van der Waals surface area contributed by atoms with Crippen LogP contribution in [-0.4, -0.2) is 31.3 Å². The Morgan fingerprint density at radius 3 is 2.48 bits per heavy atom. The van der Waals surface area contributed by atoms with E-state index in [4.69, 9.17) is 4.74 Å². The molecule has 1 aliphatic rings. The SMILES string of the molecule is CNC(Cc1cccc(OC2=CC=C(C(C)(C)C)C=CC2)c1)C(=O)N[C@H](C=O)CC(C)(C)C.